The summed E-state index contributed by atoms with van der Waals surface area (Å²) in [6, 6.07) is 0. The zero-order chi connectivity index (χ0) is 8.60. The monoisotopic (exact) mass is 185 g/mol. The van der Waals surface area contributed by atoms with Crippen molar-refractivity contribution in [1.82, 2.24) is 4.90 Å². The molecule has 1 aliphatic heterocycles. The molecule has 0 aromatic carbocycles. The van der Waals surface area contributed by atoms with Crippen molar-refractivity contribution < 1.29 is 0 Å². The van der Waals surface area contributed by atoms with Crippen LogP contribution in [0.25, 0.3) is 0 Å². The smallest absolute Gasteiger partial charge is 0.00459 e. The van der Waals surface area contributed by atoms with Crippen molar-refractivity contribution in [2.75, 3.05) is 25.4 Å². The van der Waals surface area contributed by atoms with Gasteiger partial charge in [0.2, 0.25) is 0 Å². The van der Waals surface area contributed by atoms with Crippen LogP contribution in [-0.2, 0) is 0 Å². The molecule has 1 saturated heterocycles. The highest BCUT2D eigenvalue weighted by atomic mass is 32.1. The lowest BCUT2D eigenvalue weighted by Crippen LogP contribution is -2.29. The third-order valence-electron chi connectivity index (χ3n) is 3.36. The topological polar surface area (TPSA) is 3.24 Å². The number of nitrogens with zero attached hydrogens (tertiary/aromatic N) is 1. The fraction of sp³-hybridized carbons (Fsp3) is 1.00. The van der Waals surface area contributed by atoms with Crippen molar-refractivity contribution in [2.45, 2.75) is 26.2 Å². The molecule has 0 spiro atoms. The van der Waals surface area contributed by atoms with Gasteiger partial charge in [0.1, 0.15) is 0 Å². The SMILES string of the molecule is CC1CCN(CC2(CS)CC2)C1. The molecule has 1 saturated carbocycles. The molecule has 1 heterocycles. The Kier molecular flexibility index (Phi) is 2.39. The zero-order valence-electron chi connectivity index (χ0n) is 7.92. The molecule has 2 rings (SSSR count). The lowest BCUT2D eigenvalue weighted by molar-refractivity contribution is 0.272. The van der Waals surface area contributed by atoms with Gasteiger partial charge in [-0.3, -0.25) is 0 Å². The van der Waals surface area contributed by atoms with Crippen LogP contribution in [0.4, 0.5) is 0 Å². The summed E-state index contributed by atoms with van der Waals surface area (Å²) in [5, 5.41) is 0. The van der Waals surface area contributed by atoms with Crippen LogP contribution in [0.3, 0.4) is 0 Å². The molecule has 70 valence electrons. The Balaban J connectivity index is 1.80. The maximum atomic E-state index is 4.43. The van der Waals surface area contributed by atoms with E-state index >= 15 is 0 Å². The number of likely N-dealkylation sites (tertiary alicyclic amines) is 1. The zero-order valence-corrected chi connectivity index (χ0v) is 8.82. The van der Waals surface area contributed by atoms with Gasteiger partial charge < -0.3 is 4.90 Å². The molecule has 1 nitrogen and oxygen atoms in total. The van der Waals surface area contributed by atoms with Gasteiger partial charge in [-0.25, -0.2) is 0 Å². The van der Waals surface area contributed by atoms with Gasteiger partial charge in [0, 0.05) is 13.1 Å². The molecule has 2 heteroatoms. The predicted molar refractivity (Wildman–Crippen MR) is 55.7 cm³/mol. The minimum absolute atomic E-state index is 0.632. The average molecular weight is 185 g/mol. The molecule has 0 N–H and O–H groups in total. The first kappa shape index (κ1) is 8.89. The number of rotatable bonds is 3. The summed E-state index contributed by atoms with van der Waals surface area (Å²) in [4.78, 5) is 2.63. The van der Waals surface area contributed by atoms with Gasteiger partial charge in [0.25, 0.3) is 0 Å². The highest BCUT2D eigenvalue weighted by Crippen LogP contribution is 2.47. The van der Waals surface area contributed by atoms with Crippen LogP contribution < -0.4 is 0 Å². The Labute approximate surface area is 80.9 Å². The number of thiol groups is 1. The quantitative estimate of drug-likeness (QED) is 0.659. The number of hydrogen-bond donors (Lipinski definition) is 1. The summed E-state index contributed by atoms with van der Waals surface area (Å²) in [6.45, 7) is 6.34. The molecule has 0 aromatic rings. The highest BCUT2D eigenvalue weighted by Gasteiger charge is 2.43. The maximum Gasteiger partial charge on any atom is 0.00459 e. The first-order valence-corrected chi connectivity index (χ1v) is 5.71. The van der Waals surface area contributed by atoms with Crippen LogP contribution in [0.2, 0.25) is 0 Å². The van der Waals surface area contributed by atoms with E-state index in [1.807, 2.05) is 0 Å². The highest BCUT2D eigenvalue weighted by molar-refractivity contribution is 7.80. The lowest BCUT2D eigenvalue weighted by atomic mass is 10.1. The minimum atomic E-state index is 0.632. The summed E-state index contributed by atoms with van der Waals surface area (Å²) < 4.78 is 0. The molecule has 1 unspecified atom stereocenters. The summed E-state index contributed by atoms with van der Waals surface area (Å²) in [5.41, 5.74) is 0.632. The summed E-state index contributed by atoms with van der Waals surface area (Å²) in [6.07, 6.45) is 4.24. The van der Waals surface area contributed by atoms with Crippen LogP contribution in [0.15, 0.2) is 0 Å². The molecular weight excluding hydrogens is 166 g/mol. The van der Waals surface area contributed by atoms with E-state index in [0.29, 0.717) is 5.41 Å². The Morgan fingerprint density at radius 1 is 1.50 bits per heavy atom. The Hall–Kier alpha value is 0.310. The molecule has 0 radical (unpaired) electrons. The molecule has 0 aromatic heterocycles. The number of hydrogen-bond acceptors (Lipinski definition) is 2. The van der Waals surface area contributed by atoms with Gasteiger partial charge >= 0.3 is 0 Å². The first-order valence-electron chi connectivity index (χ1n) is 5.07. The molecule has 2 fully saturated rings. The first-order chi connectivity index (χ1) is 5.74. The van der Waals surface area contributed by atoms with Crippen molar-refractivity contribution in [3.8, 4) is 0 Å². The van der Waals surface area contributed by atoms with Gasteiger partial charge in [0.15, 0.2) is 0 Å². The van der Waals surface area contributed by atoms with E-state index in [1.54, 1.807) is 0 Å². The van der Waals surface area contributed by atoms with E-state index < -0.39 is 0 Å². The van der Waals surface area contributed by atoms with Gasteiger partial charge in [-0.2, -0.15) is 12.6 Å². The van der Waals surface area contributed by atoms with Crippen molar-refractivity contribution in [3.63, 3.8) is 0 Å². The van der Waals surface area contributed by atoms with Crippen molar-refractivity contribution >= 4 is 12.6 Å². The summed E-state index contributed by atoms with van der Waals surface area (Å²) >= 11 is 4.43. The van der Waals surface area contributed by atoms with Crippen molar-refractivity contribution in [2.24, 2.45) is 11.3 Å². The Bertz CT molecular complexity index is 165. The second kappa shape index (κ2) is 3.22. The van der Waals surface area contributed by atoms with Crippen LogP contribution in [0.5, 0.6) is 0 Å². The predicted octanol–water partition coefficient (Wildman–Crippen LogP) is 2.04. The normalized spacial score (nSPS) is 34.0. The molecule has 2 aliphatic rings. The molecular formula is C10H19NS. The van der Waals surface area contributed by atoms with E-state index in [-0.39, 0.29) is 0 Å². The van der Waals surface area contributed by atoms with Gasteiger partial charge in [-0.05, 0) is 42.9 Å². The fourth-order valence-corrected chi connectivity index (χ4v) is 2.60. The van der Waals surface area contributed by atoms with E-state index in [2.05, 4.69) is 24.5 Å². The van der Waals surface area contributed by atoms with Gasteiger partial charge in [0.05, 0.1) is 0 Å². The van der Waals surface area contributed by atoms with E-state index in [1.165, 1.54) is 38.9 Å². The van der Waals surface area contributed by atoms with Crippen molar-refractivity contribution in [3.05, 3.63) is 0 Å². The molecule has 1 atom stereocenters. The summed E-state index contributed by atoms with van der Waals surface area (Å²) in [5.74, 6) is 2.03. The third-order valence-corrected chi connectivity index (χ3v) is 4.03. The second-order valence-corrected chi connectivity index (χ2v) is 5.10. The molecule has 1 aliphatic carbocycles. The van der Waals surface area contributed by atoms with E-state index in [4.69, 9.17) is 0 Å². The summed E-state index contributed by atoms with van der Waals surface area (Å²) in [7, 11) is 0. The largest absolute Gasteiger partial charge is 0.302 e. The minimum Gasteiger partial charge on any atom is -0.302 e. The van der Waals surface area contributed by atoms with Gasteiger partial charge in [-0.15, -0.1) is 0 Å². The standard InChI is InChI=1S/C10H19NS/c1-9-2-5-11(6-9)7-10(8-12)3-4-10/h9,12H,2-8H2,1H3. The lowest BCUT2D eigenvalue weighted by Gasteiger charge is -2.21. The van der Waals surface area contributed by atoms with E-state index in [0.717, 1.165) is 11.7 Å². The molecule has 0 amide bonds. The maximum absolute atomic E-state index is 4.43. The fourth-order valence-electron chi connectivity index (χ4n) is 2.19. The average Bonchev–Trinajstić information content (AvgIpc) is 2.71. The van der Waals surface area contributed by atoms with Crippen LogP contribution >= 0.6 is 12.6 Å². The van der Waals surface area contributed by atoms with E-state index in [9.17, 15) is 0 Å². The second-order valence-electron chi connectivity index (χ2n) is 4.79. The third kappa shape index (κ3) is 1.80. The van der Waals surface area contributed by atoms with Crippen LogP contribution in [-0.4, -0.2) is 30.3 Å². The molecule has 12 heavy (non-hydrogen) atoms. The van der Waals surface area contributed by atoms with Crippen molar-refractivity contribution in [1.29, 1.82) is 0 Å². The molecule has 0 bridgehead atoms. The Morgan fingerprint density at radius 2 is 2.25 bits per heavy atom. The Morgan fingerprint density at radius 3 is 2.67 bits per heavy atom. The van der Waals surface area contributed by atoms with Crippen LogP contribution in [0.1, 0.15) is 26.2 Å². The van der Waals surface area contributed by atoms with Crippen LogP contribution in [0, 0.1) is 11.3 Å². The van der Waals surface area contributed by atoms with Gasteiger partial charge in [-0.1, -0.05) is 6.92 Å².